The molecule has 6 nitrogen and oxygen atoms in total. The Morgan fingerprint density at radius 2 is 2.10 bits per heavy atom. The van der Waals surface area contributed by atoms with Crippen LogP contribution in [-0.2, 0) is 20.7 Å². The molecule has 0 atom stereocenters. The van der Waals surface area contributed by atoms with Gasteiger partial charge in [0.25, 0.3) is 5.91 Å². The number of fused-ring (bicyclic) bond motifs is 1. The van der Waals surface area contributed by atoms with Gasteiger partial charge < -0.3 is 15.0 Å². The number of esters is 1. The van der Waals surface area contributed by atoms with Gasteiger partial charge in [-0.3, -0.25) is 14.4 Å². The maximum absolute atomic E-state index is 12.4. The van der Waals surface area contributed by atoms with Crippen LogP contribution in [0, 0.1) is 0 Å². The minimum atomic E-state index is -0.429. The van der Waals surface area contributed by atoms with Crippen LogP contribution in [0.5, 0.6) is 0 Å². The van der Waals surface area contributed by atoms with E-state index in [2.05, 4.69) is 5.32 Å². The second-order valence-electron chi connectivity index (χ2n) is 4.72. The van der Waals surface area contributed by atoms with E-state index in [-0.39, 0.29) is 25.0 Å². The van der Waals surface area contributed by atoms with Crippen LogP contribution in [0.15, 0.2) is 18.2 Å². The molecular weight excluding hydrogens is 272 g/mol. The Morgan fingerprint density at radius 1 is 1.33 bits per heavy atom. The van der Waals surface area contributed by atoms with E-state index >= 15 is 0 Å². The third-order valence-electron chi connectivity index (χ3n) is 3.28. The van der Waals surface area contributed by atoms with Crippen molar-refractivity contribution in [3.05, 3.63) is 29.3 Å². The number of ether oxygens (including phenoxy) is 1. The molecule has 6 heteroatoms. The molecule has 1 aliphatic rings. The molecule has 21 heavy (non-hydrogen) atoms. The Morgan fingerprint density at radius 3 is 2.76 bits per heavy atom. The molecule has 0 spiro atoms. The van der Waals surface area contributed by atoms with Crippen LogP contribution in [0.3, 0.4) is 0 Å². The molecular formula is C15H18N2O4. The molecule has 0 unspecified atom stereocenters. The zero-order valence-electron chi connectivity index (χ0n) is 12.1. The minimum Gasteiger partial charge on any atom is -0.465 e. The monoisotopic (exact) mass is 290 g/mol. The van der Waals surface area contributed by atoms with E-state index in [1.807, 2.05) is 0 Å². The SMILES string of the molecule is CCOC(=O)CN(CC)C(=O)c1ccc2c(c1)NC(=O)C2. The van der Waals surface area contributed by atoms with Gasteiger partial charge in [0.05, 0.1) is 13.0 Å². The van der Waals surface area contributed by atoms with Crippen molar-refractivity contribution in [3.63, 3.8) is 0 Å². The zero-order valence-corrected chi connectivity index (χ0v) is 12.1. The summed E-state index contributed by atoms with van der Waals surface area (Å²) in [5, 5.41) is 2.71. The molecule has 1 heterocycles. The number of nitrogens with one attached hydrogen (secondary N) is 1. The molecule has 0 aromatic heterocycles. The van der Waals surface area contributed by atoms with Crippen molar-refractivity contribution < 1.29 is 19.1 Å². The number of carbonyl (C=O) groups is 3. The quantitative estimate of drug-likeness (QED) is 0.827. The lowest BCUT2D eigenvalue weighted by atomic mass is 10.1. The van der Waals surface area contributed by atoms with Crippen LogP contribution >= 0.6 is 0 Å². The summed E-state index contributed by atoms with van der Waals surface area (Å²) >= 11 is 0. The molecule has 2 amide bonds. The van der Waals surface area contributed by atoms with Crippen molar-refractivity contribution in [2.75, 3.05) is 25.0 Å². The fourth-order valence-corrected chi connectivity index (χ4v) is 2.22. The lowest BCUT2D eigenvalue weighted by Crippen LogP contribution is -2.36. The highest BCUT2D eigenvalue weighted by Gasteiger charge is 2.22. The summed E-state index contributed by atoms with van der Waals surface area (Å²) in [4.78, 5) is 36.6. The number of rotatable bonds is 5. The van der Waals surface area contributed by atoms with Crippen molar-refractivity contribution in [2.24, 2.45) is 0 Å². The van der Waals surface area contributed by atoms with E-state index in [1.165, 1.54) is 4.90 Å². The van der Waals surface area contributed by atoms with E-state index in [9.17, 15) is 14.4 Å². The van der Waals surface area contributed by atoms with Gasteiger partial charge >= 0.3 is 5.97 Å². The predicted molar refractivity (Wildman–Crippen MR) is 77.0 cm³/mol. The van der Waals surface area contributed by atoms with E-state index in [4.69, 9.17) is 4.74 Å². The van der Waals surface area contributed by atoms with Crippen LogP contribution < -0.4 is 5.32 Å². The zero-order chi connectivity index (χ0) is 15.4. The summed E-state index contributed by atoms with van der Waals surface area (Å²) in [6.07, 6.45) is 0.337. The third-order valence-corrected chi connectivity index (χ3v) is 3.28. The highest BCUT2D eigenvalue weighted by atomic mass is 16.5. The number of anilines is 1. The Balaban J connectivity index is 2.13. The molecule has 1 N–H and O–H groups in total. The molecule has 2 rings (SSSR count). The smallest absolute Gasteiger partial charge is 0.325 e. The number of hydrogen-bond donors (Lipinski definition) is 1. The second-order valence-corrected chi connectivity index (χ2v) is 4.72. The highest BCUT2D eigenvalue weighted by Crippen LogP contribution is 2.24. The van der Waals surface area contributed by atoms with Crippen LogP contribution in [0.2, 0.25) is 0 Å². The molecule has 1 aromatic carbocycles. The Bertz CT molecular complexity index is 583. The average Bonchev–Trinajstić information content (AvgIpc) is 2.83. The van der Waals surface area contributed by atoms with Crippen LogP contribution in [0.1, 0.15) is 29.8 Å². The van der Waals surface area contributed by atoms with Gasteiger partial charge in [-0.25, -0.2) is 0 Å². The maximum Gasteiger partial charge on any atom is 0.325 e. The van der Waals surface area contributed by atoms with Crippen molar-refractivity contribution in [3.8, 4) is 0 Å². The molecule has 0 saturated heterocycles. The third kappa shape index (κ3) is 3.39. The van der Waals surface area contributed by atoms with Crippen molar-refractivity contribution >= 4 is 23.5 Å². The summed E-state index contributed by atoms with van der Waals surface area (Å²) in [6.45, 7) is 4.13. The fraction of sp³-hybridized carbons (Fsp3) is 0.400. The van der Waals surface area contributed by atoms with Crippen LogP contribution in [0.4, 0.5) is 5.69 Å². The van der Waals surface area contributed by atoms with Crippen molar-refractivity contribution in [2.45, 2.75) is 20.3 Å². The Kier molecular flexibility index (Phi) is 4.57. The summed E-state index contributed by atoms with van der Waals surface area (Å²) < 4.78 is 4.86. The van der Waals surface area contributed by atoms with E-state index in [0.717, 1.165) is 5.56 Å². The number of carbonyl (C=O) groups excluding carboxylic acids is 3. The first-order valence-electron chi connectivity index (χ1n) is 6.92. The number of hydrogen-bond acceptors (Lipinski definition) is 4. The summed E-state index contributed by atoms with van der Waals surface area (Å²) in [7, 11) is 0. The van der Waals surface area contributed by atoms with Gasteiger partial charge in [-0.15, -0.1) is 0 Å². The first kappa shape index (κ1) is 15.0. The topological polar surface area (TPSA) is 75.7 Å². The molecule has 0 saturated carbocycles. The summed E-state index contributed by atoms with van der Waals surface area (Å²) in [6, 6.07) is 5.09. The van der Waals surface area contributed by atoms with Crippen LogP contribution in [0.25, 0.3) is 0 Å². The van der Waals surface area contributed by atoms with Gasteiger partial charge in [0.2, 0.25) is 5.91 Å². The van der Waals surface area contributed by atoms with Gasteiger partial charge in [0.15, 0.2) is 0 Å². The number of benzene rings is 1. The standard InChI is InChI=1S/C15H18N2O4/c1-3-17(9-14(19)21-4-2)15(20)11-6-5-10-8-13(18)16-12(10)7-11/h5-7H,3-4,8-9H2,1-2H3,(H,16,18). The highest BCUT2D eigenvalue weighted by molar-refractivity contribution is 6.02. The molecule has 1 aromatic rings. The van der Waals surface area contributed by atoms with Gasteiger partial charge in [0.1, 0.15) is 6.54 Å². The summed E-state index contributed by atoms with van der Waals surface area (Å²) in [5.74, 6) is -0.759. The van der Waals surface area contributed by atoms with Crippen molar-refractivity contribution in [1.82, 2.24) is 4.90 Å². The molecule has 0 aliphatic carbocycles. The molecule has 1 aliphatic heterocycles. The van der Waals surface area contributed by atoms with Gasteiger partial charge in [-0.1, -0.05) is 6.07 Å². The Labute approximate surface area is 123 Å². The molecule has 0 fully saturated rings. The van der Waals surface area contributed by atoms with Gasteiger partial charge in [-0.2, -0.15) is 0 Å². The molecule has 0 bridgehead atoms. The molecule has 0 radical (unpaired) electrons. The summed E-state index contributed by atoms with van der Waals surface area (Å²) in [5.41, 5.74) is 1.99. The number of nitrogens with zero attached hydrogens (tertiary/aromatic N) is 1. The first-order chi connectivity index (χ1) is 10.0. The van der Waals surface area contributed by atoms with E-state index in [1.54, 1.807) is 32.0 Å². The fourth-order valence-electron chi connectivity index (χ4n) is 2.22. The van der Waals surface area contributed by atoms with Gasteiger partial charge in [-0.05, 0) is 31.5 Å². The predicted octanol–water partition coefficient (Wildman–Crippen LogP) is 1.21. The Hall–Kier alpha value is -2.37. The minimum absolute atomic E-state index is 0.0755. The van der Waals surface area contributed by atoms with Crippen LogP contribution in [-0.4, -0.2) is 42.4 Å². The second kappa shape index (κ2) is 6.39. The first-order valence-corrected chi connectivity index (χ1v) is 6.92. The number of amides is 2. The maximum atomic E-state index is 12.4. The number of likely N-dealkylation sites (N-methyl/N-ethyl adjacent to an activating group) is 1. The molecule has 112 valence electrons. The van der Waals surface area contributed by atoms with Gasteiger partial charge in [0, 0.05) is 17.8 Å². The normalized spacial score (nSPS) is 12.6. The lowest BCUT2D eigenvalue weighted by molar-refractivity contribution is -0.143. The van der Waals surface area contributed by atoms with E-state index < -0.39 is 5.97 Å². The average molecular weight is 290 g/mol. The van der Waals surface area contributed by atoms with E-state index in [0.29, 0.717) is 24.2 Å². The largest absolute Gasteiger partial charge is 0.465 e. The lowest BCUT2D eigenvalue weighted by Gasteiger charge is -2.20. The van der Waals surface area contributed by atoms with Crippen molar-refractivity contribution in [1.29, 1.82) is 0 Å².